The van der Waals surface area contributed by atoms with E-state index in [0.29, 0.717) is 25.4 Å². The number of carboxylic acid groups (broad SMARTS) is 1. The third-order valence-corrected chi connectivity index (χ3v) is 5.28. The molecular formula is C24H32N4O4. The Morgan fingerprint density at radius 1 is 1.12 bits per heavy atom. The maximum atomic E-state index is 11.3. The fourth-order valence-corrected chi connectivity index (χ4v) is 3.62. The zero-order chi connectivity index (χ0) is 22.8. The number of nitrogens with one attached hydrogen (secondary N) is 1. The number of guanidine groups is 1. The number of nitrogens with zero attached hydrogens (tertiary/aromatic N) is 3. The van der Waals surface area contributed by atoms with Crippen molar-refractivity contribution < 1.29 is 19.4 Å². The molecule has 0 saturated carbocycles. The Morgan fingerprint density at radius 3 is 2.62 bits per heavy atom. The predicted octanol–water partition coefficient (Wildman–Crippen LogP) is 3.41. The number of methoxy groups -OCH3 is 1. The van der Waals surface area contributed by atoms with E-state index in [4.69, 9.17) is 14.5 Å². The van der Waals surface area contributed by atoms with Crippen LogP contribution < -0.4 is 15.0 Å². The first-order chi connectivity index (χ1) is 15.6. The van der Waals surface area contributed by atoms with E-state index in [0.717, 1.165) is 50.0 Å². The fourth-order valence-electron chi connectivity index (χ4n) is 3.62. The van der Waals surface area contributed by atoms with Gasteiger partial charge in [-0.1, -0.05) is 18.2 Å². The topological polar surface area (TPSA) is 86.6 Å². The first-order valence-electron chi connectivity index (χ1n) is 11.0. The molecule has 0 aromatic heterocycles. The number of piperazine rings is 1. The van der Waals surface area contributed by atoms with Crippen molar-refractivity contribution in [3.63, 3.8) is 0 Å². The molecule has 8 heteroatoms. The molecule has 0 atom stereocenters. The van der Waals surface area contributed by atoms with Crippen LogP contribution in [0.5, 0.6) is 5.75 Å². The summed E-state index contributed by atoms with van der Waals surface area (Å²) < 4.78 is 10.9. The molecule has 0 spiro atoms. The van der Waals surface area contributed by atoms with Crippen LogP contribution in [0.15, 0.2) is 53.5 Å². The lowest BCUT2D eigenvalue weighted by atomic mass is 10.2. The summed E-state index contributed by atoms with van der Waals surface area (Å²) in [5.74, 6) is 0.673. The van der Waals surface area contributed by atoms with Crippen LogP contribution >= 0.6 is 0 Å². The monoisotopic (exact) mass is 440 g/mol. The summed E-state index contributed by atoms with van der Waals surface area (Å²) in [6, 6.07) is 14.8. The van der Waals surface area contributed by atoms with Crippen molar-refractivity contribution in [3.05, 3.63) is 54.1 Å². The smallest absolute Gasteiger partial charge is 0.335 e. The summed E-state index contributed by atoms with van der Waals surface area (Å²) in [4.78, 5) is 20.6. The van der Waals surface area contributed by atoms with Crippen molar-refractivity contribution in [1.29, 1.82) is 0 Å². The number of carboxylic acids is 1. The molecule has 3 rings (SSSR count). The Balaban J connectivity index is 1.70. The number of carbonyl (C=O) groups is 1. The Kier molecular flexibility index (Phi) is 8.74. The van der Waals surface area contributed by atoms with Crippen LogP contribution in [0.4, 0.5) is 11.4 Å². The first kappa shape index (κ1) is 23.4. The van der Waals surface area contributed by atoms with Crippen molar-refractivity contribution in [2.45, 2.75) is 13.3 Å². The molecule has 2 aromatic carbocycles. The molecule has 0 bridgehead atoms. The van der Waals surface area contributed by atoms with Gasteiger partial charge in [-0.2, -0.15) is 0 Å². The second kappa shape index (κ2) is 12.0. The predicted molar refractivity (Wildman–Crippen MR) is 127 cm³/mol. The van der Waals surface area contributed by atoms with E-state index in [2.05, 4.69) is 21.2 Å². The number of aromatic carboxylic acids is 1. The van der Waals surface area contributed by atoms with Crippen LogP contribution in [0, 0.1) is 0 Å². The summed E-state index contributed by atoms with van der Waals surface area (Å²) in [7, 11) is 1.69. The Morgan fingerprint density at radius 2 is 1.91 bits per heavy atom. The second-order valence-electron chi connectivity index (χ2n) is 7.41. The number of hydrogen-bond donors (Lipinski definition) is 2. The van der Waals surface area contributed by atoms with Gasteiger partial charge in [-0.15, -0.1) is 0 Å². The van der Waals surface area contributed by atoms with E-state index in [1.54, 1.807) is 25.3 Å². The summed E-state index contributed by atoms with van der Waals surface area (Å²) in [5.41, 5.74) is 2.04. The number of anilines is 2. The highest BCUT2D eigenvalue weighted by Crippen LogP contribution is 2.28. The zero-order valence-corrected chi connectivity index (χ0v) is 18.8. The first-order valence-corrected chi connectivity index (χ1v) is 11.0. The van der Waals surface area contributed by atoms with Crippen LogP contribution in [0.3, 0.4) is 0 Å². The average molecular weight is 441 g/mol. The molecule has 172 valence electrons. The van der Waals surface area contributed by atoms with Gasteiger partial charge in [0, 0.05) is 51.6 Å². The molecule has 2 aromatic rings. The van der Waals surface area contributed by atoms with Gasteiger partial charge in [0.05, 0.1) is 18.4 Å². The van der Waals surface area contributed by atoms with E-state index in [1.165, 1.54) is 0 Å². The van der Waals surface area contributed by atoms with Gasteiger partial charge in [-0.3, -0.25) is 4.99 Å². The molecule has 1 fully saturated rings. The fraction of sp³-hybridized carbons (Fsp3) is 0.417. The molecule has 0 amide bonds. The Bertz CT molecular complexity index is 910. The van der Waals surface area contributed by atoms with Crippen molar-refractivity contribution in [2.24, 2.45) is 4.99 Å². The lowest BCUT2D eigenvalue weighted by Gasteiger charge is -2.38. The van der Waals surface area contributed by atoms with Gasteiger partial charge in [0.1, 0.15) is 5.75 Å². The van der Waals surface area contributed by atoms with E-state index in [-0.39, 0.29) is 5.56 Å². The molecule has 1 aliphatic heterocycles. The van der Waals surface area contributed by atoms with Gasteiger partial charge >= 0.3 is 5.97 Å². The highest BCUT2D eigenvalue weighted by molar-refractivity contribution is 5.96. The molecule has 1 saturated heterocycles. The van der Waals surface area contributed by atoms with Gasteiger partial charge in [0.2, 0.25) is 0 Å². The van der Waals surface area contributed by atoms with Gasteiger partial charge in [-0.05, 0) is 43.7 Å². The summed E-state index contributed by atoms with van der Waals surface area (Å²) in [6.45, 7) is 7.21. The largest absolute Gasteiger partial charge is 0.495 e. The van der Waals surface area contributed by atoms with E-state index in [1.807, 2.05) is 31.2 Å². The number of para-hydroxylation sites is 2. The number of ether oxygens (including phenoxy) is 2. The molecule has 0 radical (unpaired) electrons. The number of rotatable bonds is 9. The summed E-state index contributed by atoms with van der Waals surface area (Å²) in [5, 5.41) is 12.6. The molecule has 8 nitrogen and oxygen atoms in total. The third-order valence-electron chi connectivity index (χ3n) is 5.28. The average Bonchev–Trinajstić information content (AvgIpc) is 2.83. The summed E-state index contributed by atoms with van der Waals surface area (Å²) in [6.07, 6.45) is 0.829. The van der Waals surface area contributed by atoms with Crippen LogP contribution in [0.25, 0.3) is 0 Å². The number of benzene rings is 2. The normalized spacial score (nSPS) is 14.4. The molecule has 2 N–H and O–H groups in total. The van der Waals surface area contributed by atoms with E-state index in [9.17, 15) is 9.90 Å². The van der Waals surface area contributed by atoms with Crippen LogP contribution in [-0.4, -0.2) is 75.0 Å². The maximum absolute atomic E-state index is 11.3. The molecule has 1 aliphatic rings. The molecule has 0 unspecified atom stereocenters. The van der Waals surface area contributed by atoms with Crippen LogP contribution in [0.2, 0.25) is 0 Å². The van der Waals surface area contributed by atoms with Gasteiger partial charge in [0.15, 0.2) is 5.96 Å². The van der Waals surface area contributed by atoms with Gasteiger partial charge < -0.3 is 29.7 Å². The Labute approximate surface area is 189 Å². The highest BCUT2D eigenvalue weighted by atomic mass is 16.5. The minimum atomic E-state index is -0.950. The highest BCUT2D eigenvalue weighted by Gasteiger charge is 2.22. The molecule has 1 heterocycles. The minimum absolute atomic E-state index is 0.242. The van der Waals surface area contributed by atoms with Gasteiger partial charge in [-0.25, -0.2) is 4.79 Å². The SMILES string of the molecule is CCOCCCN=C(Nc1cccc(C(=O)O)c1)N1CCN(c2ccccc2OC)CC1. The van der Waals surface area contributed by atoms with Crippen molar-refractivity contribution in [2.75, 3.05) is 63.3 Å². The molecule has 0 aliphatic carbocycles. The molecular weight excluding hydrogens is 408 g/mol. The minimum Gasteiger partial charge on any atom is -0.495 e. The lowest BCUT2D eigenvalue weighted by molar-refractivity contribution is 0.0697. The van der Waals surface area contributed by atoms with Crippen molar-refractivity contribution >= 4 is 23.3 Å². The van der Waals surface area contributed by atoms with E-state index >= 15 is 0 Å². The lowest BCUT2D eigenvalue weighted by Crippen LogP contribution is -2.50. The van der Waals surface area contributed by atoms with Crippen LogP contribution in [-0.2, 0) is 4.74 Å². The Hall–Kier alpha value is -3.26. The van der Waals surface area contributed by atoms with E-state index < -0.39 is 5.97 Å². The van der Waals surface area contributed by atoms with Crippen molar-refractivity contribution in [3.8, 4) is 5.75 Å². The standard InChI is InChI=1S/C24H32N4O4/c1-3-32-17-7-12-25-24(26-20-9-6-8-19(18-20)23(29)30)28-15-13-27(14-16-28)21-10-4-5-11-22(21)31-2/h4-6,8-11,18H,3,7,12-17H2,1-2H3,(H,25,26)(H,29,30). The quantitative estimate of drug-likeness (QED) is 0.351. The maximum Gasteiger partial charge on any atom is 0.335 e. The van der Waals surface area contributed by atoms with Crippen molar-refractivity contribution in [1.82, 2.24) is 4.90 Å². The van der Waals surface area contributed by atoms with Gasteiger partial charge in [0.25, 0.3) is 0 Å². The zero-order valence-electron chi connectivity index (χ0n) is 18.8. The molecule has 32 heavy (non-hydrogen) atoms. The number of hydrogen-bond acceptors (Lipinski definition) is 5. The third kappa shape index (κ3) is 6.37. The summed E-state index contributed by atoms with van der Waals surface area (Å²) >= 11 is 0. The van der Waals surface area contributed by atoms with Crippen LogP contribution in [0.1, 0.15) is 23.7 Å². The second-order valence-corrected chi connectivity index (χ2v) is 7.41. The number of aliphatic imine (C=N–C) groups is 1.